The first-order chi connectivity index (χ1) is 5.13. The Morgan fingerprint density at radius 3 is 2.27 bits per heavy atom. The molecule has 0 aromatic heterocycles. The first-order valence-corrected chi connectivity index (χ1v) is 3.96. The third kappa shape index (κ3) is 3.16. The van der Waals surface area contributed by atoms with Crippen molar-refractivity contribution in [2.45, 2.75) is 40.0 Å². The second kappa shape index (κ2) is 4.88. The zero-order valence-corrected chi connectivity index (χ0v) is 7.39. The molecular weight excluding hydrogens is 142 g/mol. The summed E-state index contributed by atoms with van der Waals surface area (Å²) in [5.41, 5.74) is 1.30. The molecule has 3 heteroatoms. The predicted molar refractivity (Wildman–Crippen MR) is 44.9 cm³/mol. The molecule has 0 radical (unpaired) electrons. The van der Waals surface area contributed by atoms with E-state index in [1.807, 2.05) is 13.8 Å². The molecule has 0 saturated carbocycles. The van der Waals surface area contributed by atoms with Crippen LogP contribution in [0.15, 0.2) is 11.3 Å². The topological polar surface area (TPSA) is 43.1 Å². The Morgan fingerprint density at radius 1 is 1.45 bits per heavy atom. The van der Waals surface area contributed by atoms with E-state index < -0.39 is 0 Å². The number of rotatable bonds is 4. The predicted octanol–water partition coefficient (Wildman–Crippen LogP) is 2.75. The number of hydrogen-bond acceptors (Lipinski definition) is 2. The van der Waals surface area contributed by atoms with Crippen LogP contribution in [-0.2, 0) is 0 Å². The third-order valence-corrected chi connectivity index (χ3v) is 1.76. The minimum Gasteiger partial charge on any atom is -0.259 e. The minimum absolute atomic E-state index is 0.297. The highest BCUT2D eigenvalue weighted by Crippen LogP contribution is 2.14. The second-order valence-electron chi connectivity index (χ2n) is 2.55. The molecule has 0 aliphatic heterocycles. The lowest BCUT2D eigenvalue weighted by molar-refractivity contribution is -0.425. The van der Waals surface area contributed by atoms with E-state index >= 15 is 0 Å². The van der Waals surface area contributed by atoms with Crippen molar-refractivity contribution in [3.63, 3.8) is 0 Å². The quantitative estimate of drug-likeness (QED) is 0.465. The Labute approximate surface area is 67.3 Å². The van der Waals surface area contributed by atoms with Gasteiger partial charge in [-0.05, 0) is 12.8 Å². The Balaban J connectivity index is 4.39. The summed E-state index contributed by atoms with van der Waals surface area (Å²) in [6, 6.07) is 0. The maximum Gasteiger partial charge on any atom is 0.242 e. The van der Waals surface area contributed by atoms with Gasteiger partial charge in [-0.2, -0.15) is 0 Å². The van der Waals surface area contributed by atoms with Gasteiger partial charge in [0.05, 0.1) is 4.92 Å². The fourth-order valence-corrected chi connectivity index (χ4v) is 1.04. The van der Waals surface area contributed by atoms with Crippen molar-refractivity contribution in [1.29, 1.82) is 0 Å². The van der Waals surface area contributed by atoms with Crippen molar-refractivity contribution in [3.8, 4) is 0 Å². The molecule has 3 nitrogen and oxygen atoms in total. The largest absolute Gasteiger partial charge is 0.259 e. The van der Waals surface area contributed by atoms with Gasteiger partial charge in [-0.25, -0.2) is 0 Å². The third-order valence-electron chi connectivity index (χ3n) is 1.76. The van der Waals surface area contributed by atoms with Crippen LogP contribution >= 0.6 is 0 Å². The molecule has 0 bridgehead atoms. The van der Waals surface area contributed by atoms with Gasteiger partial charge in [0.1, 0.15) is 0 Å². The summed E-state index contributed by atoms with van der Waals surface area (Å²) in [6.07, 6.45) is 2.62. The molecule has 11 heavy (non-hydrogen) atoms. The van der Waals surface area contributed by atoms with Crippen LogP contribution in [0.1, 0.15) is 40.0 Å². The van der Waals surface area contributed by atoms with Crippen LogP contribution in [0.25, 0.3) is 0 Å². The molecule has 0 aromatic carbocycles. The molecule has 0 unspecified atom stereocenters. The fourth-order valence-electron chi connectivity index (χ4n) is 1.04. The lowest BCUT2D eigenvalue weighted by Gasteiger charge is -2.00. The summed E-state index contributed by atoms with van der Waals surface area (Å²) in [4.78, 5) is 10.0. The van der Waals surface area contributed by atoms with E-state index in [9.17, 15) is 10.1 Å². The van der Waals surface area contributed by atoms with Crippen LogP contribution < -0.4 is 0 Å². The molecule has 0 aliphatic rings. The number of nitro groups is 1. The highest BCUT2D eigenvalue weighted by Gasteiger charge is 2.08. The molecule has 0 saturated heterocycles. The van der Waals surface area contributed by atoms with Crippen molar-refractivity contribution in [1.82, 2.24) is 0 Å². The van der Waals surface area contributed by atoms with E-state index in [1.165, 1.54) is 0 Å². The van der Waals surface area contributed by atoms with Crippen LogP contribution in [-0.4, -0.2) is 4.92 Å². The molecule has 0 spiro atoms. The maximum atomic E-state index is 10.3. The fraction of sp³-hybridized carbons (Fsp3) is 0.750. The standard InChI is InChI=1S/C8H15NO2/c1-4-6-8(5-2)7(3)9(10)11/h4-6H2,1-3H3. The normalized spacial score (nSPS) is 12.6. The van der Waals surface area contributed by atoms with Gasteiger partial charge >= 0.3 is 0 Å². The summed E-state index contributed by atoms with van der Waals surface area (Å²) in [5.74, 6) is 0. The first kappa shape index (κ1) is 10.1. The molecule has 0 aromatic rings. The number of allylic oxidation sites excluding steroid dienone is 2. The molecule has 0 fully saturated rings. The van der Waals surface area contributed by atoms with Crippen molar-refractivity contribution in [2.75, 3.05) is 0 Å². The maximum absolute atomic E-state index is 10.3. The monoisotopic (exact) mass is 157 g/mol. The lowest BCUT2D eigenvalue weighted by Crippen LogP contribution is -1.98. The van der Waals surface area contributed by atoms with Gasteiger partial charge in [-0.3, -0.25) is 10.1 Å². The van der Waals surface area contributed by atoms with E-state index in [1.54, 1.807) is 6.92 Å². The van der Waals surface area contributed by atoms with Crippen LogP contribution in [0.4, 0.5) is 0 Å². The Bertz CT molecular complexity index is 173. The van der Waals surface area contributed by atoms with Crippen LogP contribution in [0.5, 0.6) is 0 Å². The van der Waals surface area contributed by atoms with Gasteiger partial charge in [0.15, 0.2) is 0 Å². The van der Waals surface area contributed by atoms with Gasteiger partial charge < -0.3 is 0 Å². The SMILES string of the molecule is CCCC(CC)=C(C)[N+](=O)[O-]. The van der Waals surface area contributed by atoms with Crippen molar-refractivity contribution in [2.24, 2.45) is 0 Å². The summed E-state index contributed by atoms with van der Waals surface area (Å²) in [6.45, 7) is 5.56. The van der Waals surface area contributed by atoms with Gasteiger partial charge in [0.25, 0.3) is 0 Å². The van der Waals surface area contributed by atoms with Gasteiger partial charge in [0, 0.05) is 12.5 Å². The smallest absolute Gasteiger partial charge is 0.242 e. The van der Waals surface area contributed by atoms with Gasteiger partial charge in [-0.15, -0.1) is 0 Å². The Kier molecular flexibility index (Phi) is 4.50. The van der Waals surface area contributed by atoms with Crippen molar-refractivity contribution >= 4 is 0 Å². The average molecular weight is 157 g/mol. The zero-order chi connectivity index (χ0) is 8.85. The molecular formula is C8H15NO2. The molecule has 0 aliphatic carbocycles. The second-order valence-corrected chi connectivity index (χ2v) is 2.55. The summed E-state index contributed by atoms with van der Waals surface area (Å²) < 4.78 is 0. The lowest BCUT2D eigenvalue weighted by atomic mass is 10.1. The minimum atomic E-state index is -0.297. The van der Waals surface area contributed by atoms with E-state index in [-0.39, 0.29) is 4.92 Å². The molecule has 0 atom stereocenters. The summed E-state index contributed by atoms with van der Waals surface area (Å²) in [7, 11) is 0. The van der Waals surface area contributed by atoms with E-state index in [4.69, 9.17) is 0 Å². The van der Waals surface area contributed by atoms with Gasteiger partial charge in [0.2, 0.25) is 5.70 Å². The van der Waals surface area contributed by atoms with Crippen molar-refractivity contribution < 1.29 is 4.92 Å². The average Bonchev–Trinajstić information content (AvgIpc) is 1.98. The molecule has 64 valence electrons. The molecule has 0 heterocycles. The summed E-state index contributed by atoms with van der Waals surface area (Å²) in [5, 5.41) is 10.3. The van der Waals surface area contributed by atoms with E-state index in [0.29, 0.717) is 5.70 Å². The van der Waals surface area contributed by atoms with Crippen molar-refractivity contribution in [3.05, 3.63) is 21.4 Å². The highest BCUT2D eigenvalue weighted by molar-refractivity contribution is 5.04. The Hall–Kier alpha value is -0.860. The van der Waals surface area contributed by atoms with Crippen LogP contribution in [0.2, 0.25) is 0 Å². The highest BCUT2D eigenvalue weighted by atomic mass is 16.6. The van der Waals surface area contributed by atoms with Gasteiger partial charge in [-0.1, -0.05) is 20.3 Å². The molecule has 0 amide bonds. The molecule has 0 rings (SSSR count). The first-order valence-electron chi connectivity index (χ1n) is 3.96. The Morgan fingerprint density at radius 2 is 2.00 bits per heavy atom. The molecule has 0 N–H and O–H groups in total. The van der Waals surface area contributed by atoms with Crippen LogP contribution in [0, 0.1) is 10.1 Å². The van der Waals surface area contributed by atoms with Crippen LogP contribution in [0.3, 0.4) is 0 Å². The zero-order valence-electron chi connectivity index (χ0n) is 7.39. The van der Waals surface area contributed by atoms with E-state index in [0.717, 1.165) is 24.8 Å². The number of hydrogen-bond donors (Lipinski definition) is 0. The summed E-state index contributed by atoms with van der Waals surface area (Å²) >= 11 is 0. The number of nitrogens with zero attached hydrogens (tertiary/aromatic N) is 1. The van der Waals surface area contributed by atoms with E-state index in [2.05, 4.69) is 0 Å².